The van der Waals surface area contributed by atoms with Gasteiger partial charge in [-0.3, -0.25) is 4.79 Å². The van der Waals surface area contributed by atoms with Crippen LogP contribution in [0.1, 0.15) is 28.4 Å². The van der Waals surface area contributed by atoms with E-state index >= 15 is 0 Å². The van der Waals surface area contributed by atoms with Gasteiger partial charge < -0.3 is 4.74 Å². The molecular formula is C21H15IO2. The fraction of sp³-hybridized carbons (Fsp3) is 0.0952. The molecule has 1 unspecified atom stereocenters. The number of hydrogen-bond acceptors (Lipinski definition) is 2. The Hall–Kier alpha value is -2.14. The Morgan fingerprint density at radius 3 is 2.29 bits per heavy atom. The molecule has 0 aromatic heterocycles. The van der Waals surface area contributed by atoms with Crippen LogP contribution in [0, 0.1) is 3.57 Å². The predicted octanol–water partition coefficient (Wildman–Crippen LogP) is 5.66. The highest BCUT2D eigenvalue weighted by atomic mass is 127. The van der Waals surface area contributed by atoms with Crippen molar-refractivity contribution in [2.24, 2.45) is 0 Å². The number of carbonyl (C=O) groups excluding carboxylic acids is 1. The quantitative estimate of drug-likeness (QED) is 0.494. The van der Waals surface area contributed by atoms with Crippen molar-refractivity contribution in [2.75, 3.05) is 0 Å². The zero-order valence-corrected chi connectivity index (χ0v) is 15.1. The molecule has 1 aliphatic rings. The average Bonchev–Trinajstić information content (AvgIpc) is 2.63. The molecule has 0 aliphatic carbocycles. The van der Waals surface area contributed by atoms with Crippen LogP contribution < -0.4 is 4.74 Å². The maximum atomic E-state index is 12.6. The Kier molecular flexibility index (Phi) is 4.10. The molecule has 3 aromatic carbocycles. The molecule has 0 radical (unpaired) electrons. The summed E-state index contributed by atoms with van der Waals surface area (Å²) in [6.45, 7) is 0. The molecule has 3 heteroatoms. The zero-order chi connectivity index (χ0) is 16.5. The molecule has 2 nitrogen and oxygen atoms in total. The van der Waals surface area contributed by atoms with Crippen LogP contribution in [0.2, 0.25) is 0 Å². The van der Waals surface area contributed by atoms with Crippen molar-refractivity contribution >= 4 is 28.4 Å². The van der Waals surface area contributed by atoms with E-state index in [1.807, 2.05) is 48.5 Å². The van der Waals surface area contributed by atoms with Crippen LogP contribution in [0.25, 0.3) is 11.1 Å². The van der Waals surface area contributed by atoms with Crippen LogP contribution in [-0.2, 0) is 0 Å². The van der Waals surface area contributed by atoms with E-state index in [1.54, 1.807) is 0 Å². The van der Waals surface area contributed by atoms with Gasteiger partial charge in [-0.05, 0) is 51.9 Å². The van der Waals surface area contributed by atoms with E-state index in [2.05, 4.69) is 46.9 Å². The van der Waals surface area contributed by atoms with Crippen LogP contribution in [0.3, 0.4) is 0 Å². The van der Waals surface area contributed by atoms with E-state index in [4.69, 9.17) is 4.74 Å². The number of halogens is 1. The molecule has 118 valence electrons. The third kappa shape index (κ3) is 2.84. The van der Waals surface area contributed by atoms with Gasteiger partial charge >= 0.3 is 0 Å². The molecule has 0 spiro atoms. The summed E-state index contributed by atoms with van der Waals surface area (Å²) in [5.74, 6) is 0.835. The van der Waals surface area contributed by atoms with Crippen LogP contribution in [0.5, 0.6) is 5.75 Å². The number of fused-ring (bicyclic) bond motifs is 1. The number of rotatable bonds is 2. The minimum atomic E-state index is -0.226. The number of para-hydroxylation sites is 1. The summed E-state index contributed by atoms with van der Waals surface area (Å²) in [6, 6.07) is 24.0. The summed E-state index contributed by atoms with van der Waals surface area (Å²) < 4.78 is 7.46. The third-order valence-electron chi connectivity index (χ3n) is 4.27. The number of ether oxygens (including phenoxy) is 1. The van der Waals surface area contributed by atoms with Crippen molar-refractivity contribution in [3.8, 4) is 16.9 Å². The van der Waals surface area contributed by atoms with Gasteiger partial charge in [-0.15, -0.1) is 0 Å². The van der Waals surface area contributed by atoms with Crippen LogP contribution in [0.15, 0.2) is 72.8 Å². The lowest BCUT2D eigenvalue weighted by Gasteiger charge is -2.27. The van der Waals surface area contributed by atoms with Gasteiger partial charge in [-0.2, -0.15) is 0 Å². The van der Waals surface area contributed by atoms with Crippen molar-refractivity contribution in [1.82, 2.24) is 0 Å². The molecule has 4 rings (SSSR count). The lowest BCUT2D eigenvalue weighted by Crippen LogP contribution is -2.20. The normalized spacial score (nSPS) is 16.4. The molecule has 0 saturated carbocycles. The first-order chi connectivity index (χ1) is 11.7. The summed E-state index contributed by atoms with van der Waals surface area (Å²) in [5.41, 5.74) is 3.75. The molecule has 1 atom stereocenters. The number of carbonyl (C=O) groups is 1. The first-order valence-electron chi connectivity index (χ1n) is 7.86. The van der Waals surface area contributed by atoms with E-state index < -0.39 is 0 Å². The molecule has 0 fully saturated rings. The second-order valence-electron chi connectivity index (χ2n) is 5.83. The van der Waals surface area contributed by atoms with E-state index in [-0.39, 0.29) is 11.9 Å². The molecule has 3 aromatic rings. The van der Waals surface area contributed by atoms with Gasteiger partial charge in [0.15, 0.2) is 5.78 Å². The largest absolute Gasteiger partial charge is 0.484 e. The van der Waals surface area contributed by atoms with Crippen molar-refractivity contribution in [2.45, 2.75) is 12.5 Å². The number of ketones is 1. The van der Waals surface area contributed by atoms with E-state index in [0.717, 1.165) is 16.7 Å². The Balaban J connectivity index is 1.80. The molecule has 1 heterocycles. The Bertz CT molecular complexity index is 885. The maximum absolute atomic E-state index is 12.6. The molecule has 0 N–H and O–H groups in total. The Morgan fingerprint density at radius 2 is 1.54 bits per heavy atom. The van der Waals surface area contributed by atoms with Gasteiger partial charge in [0.25, 0.3) is 0 Å². The molecule has 1 aliphatic heterocycles. The van der Waals surface area contributed by atoms with Gasteiger partial charge in [0.2, 0.25) is 0 Å². The molecule has 0 saturated heterocycles. The SMILES string of the molecule is O=C1CC(c2ccccc2)Oc2c1cccc2-c1ccc(I)cc1. The molecule has 0 bridgehead atoms. The van der Waals surface area contributed by atoms with Crippen LogP contribution >= 0.6 is 22.6 Å². The lowest BCUT2D eigenvalue weighted by atomic mass is 9.92. The minimum absolute atomic E-state index is 0.137. The fourth-order valence-corrected chi connectivity index (χ4v) is 3.42. The van der Waals surface area contributed by atoms with Gasteiger partial charge in [0.05, 0.1) is 12.0 Å². The highest BCUT2D eigenvalue weighted by molar-refractivity contribution is 14.1. The van der Waals surface area contributed by atoms with Crippen molar-refractivity contribution in [3.63, 3.8) is 0 Å². The summed E-state index contributed by atoms with van der Waals surface area (Å²) in [7, 11) is 0. The minimum Gasteiger partial charge on any atom is -0.484 e. The standard InChI is InChI=1S/C21H15IO2/c22-16-11-9-14(10-12-16)17-7-4-8-18-19(23)13-20(24-21(17)18)15-5-2-1-3-6-15/h1-12,20H,13H2. The molecular weight excluding hydrogens is 411 g/mol. The van der Waals surface area contributed by atoms with Crippen LogP contribution in [0.4, 0.5) is 0 Å². The summed E-state index contributed by atoms with van der Waals surface area (Å²) in [6.07, 6.45) is 0.156. The summed E-state index contributed by atoms with van der Waals surface area (Å²) in [4.78, 5) is 12.6. The Labute approximate surface area is 154 Å². The second kappa shape index (κ2) is 6.40. The first-order valence-corrected chi connectivity index (χ1v) is 8.94. The number of Topliss-reactive ketones (excluding diaryl/α,β-unsaturated/α-hetero) is 1. The van der Waals surface area contributed by atoms with E-state index in [0.29, 0.717) is 17.7 Å². The Morgan fingerprint density at radius 1 is 0.833 bits per heavy atom. The van der Waals surface area contributed by atoms with Gasteiger partial charge in [-0.25, -0.2) is 0 Å². The van der Waals surface area contributed by atoms with Crippen molar-refractivity contribution in [3.05, 3.63) is 87.5 Å². The predicted molar refractivity (Wildman–Crippen MR) is 103 cm³/mol. The molecule has 0 amide bonds. The second-order valence-corrected chi connectivity index (χ2v) is 7.08. The summed E-state index contributed by atoms with van der Waals surface area (Å²) >= 11 is 2.29. The topological polar surface area (TPSA) is 26.3 Å². The van der Waals surface area contributed by atoms with Crippen molar-refractivity contribution < 1.29 is 9.53 Å². The highest BCUT2D eigenvalue weighted by Gasteiger charge is 2.29. The highest BCUT2D eigenvalue weighted by Crippen LogP contribution is 2.41. The lowest BCUT2D eigenvalue weighted by molar-refractivity contribution is 0.0851. The summed E-state index contributed by atoms with van der Waals surface area (Å²) in [5, 5.41) is 0. The van der Waals surface area contributed by atoms with E-state index in [9.17, 15) is 4.79 Å². The van der Waals surface area contributed by atoms with Gasteiger partial charge in [0, 0.05) is 9.13 Å². The average molecular weight is 426 g/mol. The molecule has 24 heavy (non-hydrogen) atoms. The smallest absolute Gasteiger partial charge is 0.170 e. The van der Waals surface area contributed by atoms with Gasteiger partial charge in [0.1, 0.15) is 11.9 Å². The van der Waals surface area contributed by atoms with Crippen molar-refractivity contribution in [1.29, 1.82) is 0 Å². The monoisotopic (exact) mass is 426 g/mol. The number of benzene rings is 3. The fourth-order valence-electron chi connectivity index (χ4n) is 3.06. The van der Waals surface area contributed by atoms with Crippen LogP contribution in [-0.4, -0.2) is 5.78 Å². The van der Waals surface area contributed by atoms with Gasteiger partial charge in [-0.1, -0.05) is 54.6 Å². The third-order valence-corrected chi connectivity index (χ3v) is 4.99. The maximum Gasteiger partial charge on any atom is 0.170 e. The number of hydrogen-bond donors (Lipinski definition) is 0. The first kappa shape index (κ1) is 15.4. The zero-order valence-electron chi connectivity index (χ0n) is 12.9. The van der Waals surface area contributed by atoms with E-state index in [1.165, 1.54) is 3.57 Å².